The minimum absolute atomic E-state index is 0.0212. The fraction of sp³-hybridized carbons (Fsp3) is 0.385. The van der Waals surface area contributed by atoms with Crippen molar-refractivity contribution in [2.24, 2.45) is 4.99 Å². The maximum Gasteiger partial charge on any atom is 0.247 e. The Morgan fingerprint density at radius 1 is 1.39 bits per heavy atom. The van der Waals surface area contributed by atoms with Gasteiger partial charge in [-0.1, -0.05) is 30.3 Å². The van der Waals surface area contributed by atoms with Gasteiger partial charge in [0.05, 0.1) is 13.7 Å². The maximum absolute atomic E-state index is 12.0. The molecular formula is C13H14N2O3. The summed E-state index contributed by atoms with van der Waals surface area (Å²) in [6.45, 7) is 0.560. The van der Waals surface area contributed by atoms with Crippen molar-refractivity contribution in [1.82, 2.24) is 4.90 Å². The standard InChI is InChI=1S/C13H14N2O3/c1-17-12-10-8-18-13(9-5-3-2-4-6-9)15(10)11(16)7-14-12/h2-6,10,13H,7-8H2,1H3. The minimum atomic E-state index is -0.329. The highest BCUT2D eigenvalue weighted by molar-refractivity contribution is 5.94. The van der Waals surface area contributed by atoms with E-state index in [1.54, 1.807) is 12.0 Å². The number of benzene rings is 1. The second-order valence-corrected chi connectivity index (χ2v) is 4.27. The summed E-state index contributed by atoms with van der Waals surface area (Å²) in [5.74, 6) is 0.556. The maximum atomic E-state index is 12.0. The molecule has 0 spiro atoms. The van der Waals surface area contributed by atoms with Crippen LogP contribution in [0.4, 0.5) is 0 Å². The molecular weight excluding hydrogens is 232 g/mol. The number of aliphatic imine (C=N–C) groups is 1. The molecule has 94 valence electrons. The van der Waals surface area contributed by atoms with Crippen LogP contribution in [-0.4, -0.2) is 43.0 Å². The van der Waals surface area contributed by atoms with Crippen LogP contribution in [0.3, 0.4) is 0 Å². The first-order chi connectivity index (χ1) is 8.81. The molecule has 5 heteroatoms. The molecule has 3 rings (SSSR count). The van der Waals surface area contributed by atoms with Crippen LogP contribution < -0.4 is 0 Å². The van der Waals surface area contributed by atoms with Crippen molar-refractivity contribution >= 4 is 11.8 Å². The molecule has 0 bridgehead atoms. The lowest BCUT2D eigenvalue weighted by Crippen LogP contribution is -2.48. The van der Waals surface area contributed by atoms with E-state index in [9.17, 15) is 4.79 Å². The summed E-state index contributed by atoms with van der Waals surface area (Å²) in [6.07, 6.45) is -0.329. The molecule has 18 heavy (non-hydrogen) atoms. The number of fused-ring (bicyclic) bond motifs is 1. The number of carbonyl (C=O) groups is 1. The number of nitrogens with zero attached hydrogens (tertiary/aromatic N) is 2. The van der Waals surface area contributed by atoms with E-state index in [2.05, 4.69) is 4.99 Å². The molecule has 1 saturated heterocycles. The third-order valence-electron chi connectivity index (χ3n) is 3.24. The molecule has 0 radical (unpaired) electrons. The van der Waals surface area contributed by atoms with Gasteiger partial charge in [0.1, 0.15) is 12.6 Å². The van der Waals surface area contributed by atoms with Gasteiger partial charge in [-0.3, -0.25) is 9.69 Å². The Labute approximate surface area is 105 Å². The van der Waals surface area contributed by atoms with Gasteiger partial charge in [0, 0.05) is 5.56 Å². The van der Waals surface area contributed by atoms with Gasteiger partial charge in [-0.2, -0.15) is 0 Å². The molecule has 1 fully saturated rings. The molecule has 2 aliphatic heterocycles. The van der Waals surface area contributed by atoms with Gasteiger partial charge in [0.25, 0.3) is 0 Å². The van der Waals surface area contributed by atoms with E-state index in [1.807, 2.05) is 30.3 Å². The summed E-state index contributed by atoms with van der Waals surface area (Å²) in [7, 11) is 1.57. The molecule has 2 aliphatic rings. The molecule has 5 nitrogen and oxygen atoms in total. The van der Waals surface area contributed by atoms with Crippen LogP contribution in [-0.2, 0) is 14.3 Å². The van der Waals surface area contributed by atoms with Crippen LogP contribution in [0.1, 0.15) is 11.8 Å². The van der Waals surface area contributed by atoms with Crippen molar-refractivity contribution in [3.63, 3.8) is 0 Å². The second-order valence-electron chi connectivity index (χ2n) is 4.27. The van der Waals surface area contributed by atoms with Crippen LogP contribution in [0.2, 0.25) is 0 Å². The first kappa shape index (κ1) is 11.2. The smallest absolute Gasteiger partial charge is 0.247 e. The first-order valence-electron chi connectivity index (χ1n) is 5.87. The highest BCUT2D eigenvalue weighted by atomic mass is 16.5. The summed E-state index contributed by atoms with van der Waals surface area (Å²) in [6, 6.07) is 9.53. The Bertz CT molecular complexity index is 486. The quantitative estimate of drug-likeness (QED) is 0.742. The largest absolute Gasteiger partial charge is 0.483 e. The third-order valence-corrected chi connectivity index (χ3v) is 3.24. The Kier molecular flexibility index (Phi) is 2.76. The van der Waals surface area contributed by atoms with Crippen molar-refractivity contribution in [3.8, 4) is 0 Å². The van der Waals surface area contributed by atoms with Crippen LogP contribution >= 0.6 is 0 Å². The average molecular weight is 246 g/mol. The van der Waals surface area contributed by atoms with Gasteiger partial charge < -0.3 is 9.47 Å². The number of carbonyl (C=O) groups excluding carboxylic acids is 1. The summed E-state index contributed by atoms with van der Waals surface area (Å²) in [5, 5.41) is 0. The molecule has 2 unspecified atom stereocenters. The Morgan fingerprint density at radius 3 is 2.89 bits per heavy atom. The Hall–Kier alpha value is -1.88. The van der Waals surface area contributed by atoms with E-state index < -0.39 is 0 Å². The highest BCUT2D eigenvalue weighted by Crippen LogP contribution is 2.32. The fourth-order valence-electron chi connectivity index (χ4n) is 2.41. The first-order valence-corrected chi connectivity index (χ1v) is 5.87. The lowest BCUT2D eigenvalue weighted by molar-refractivity contribution is -0.136. The van der Waals surface area contributed by atoms with E-state index in [0.717, 1.165) is 5.56 Å². The number of rotatable bonds is 1. The van der Waals surface area contributed by atoms with E-state index in [1.165, 1.54) is 0 Å². The molecule has 0 aromatic heterocycles. The van der Waals surface area contributed by atoms with Gasteiger partial charge in [-0.15, -0.1) is 0 Å². The summed E-state index contributed by atoms with van der Waals surface area (Å²) < 4.78 is 10.9. The Morgan fingerprint density at radius 2 is 2.17 bits per heavy atom. The van der Waals surface area contributed by atoms with E-state index >= 15 is 0 Å². The number of amides is 1. The summed E-state index contributed by atoms with van der Waals surface area (Å²) in [4.78, 5) is 17.9. The van der Waals surface area contributed by atoms with Gasteiger partial charge in [-0.05, 0) is 0 Å². The van der Waals surface area contributed by atoms with E-state index in [-0.39, 0.29) is 24.7 Å². The second kappa shape index (κ2) is 4.42. The Balaban J connectivity index is 1.93. The predicted molar refractivity (Wildman–Crippen MR) is 65.1 cm³/mol. The zero-order valence-electron chi connectivity index (χ0n) is 10.1. The SMILES string of the molecule is COC1=NCC(=O)N2C1COC2c1ccccc1. The lowest BCUT2D eigenvalue weighted by Gasteiger charge is -2.30. The average Bonchev–Trinajstić information content (AvgIpc) is 2.86. The van der Waals surface area contributed by atoms with E-state index in [0.29, 0.717) is 12.5 Å². The number of ether oxygens (including phenoxy) is 2. The van der Waals surface area contributed by atoms with Gasteiger partial charge in [0.2, 0.25) is 11.8 Å². The molecule has 0 saturated carbocycles. The lowest BCUT2D eigenvalue weighted by atomic mass is 10.1. The molecule has 0 N–H and O–H groups in total. The number of hydrogen-bond donors (Lipinski definition) is 0. The third kappa shape index (κ3) is 1.67. The molecule has 2 heterocycles. The minimum Gasteiger partial charge on any atom is -0.483 e. The summed E-state index contributed by atoms with van der Waals surface area (Å²) >= 11 is 0. The molecule has 1 amide bonds. The van der Waals surface area contributed by atoms with Crippen molar-refractivity contribution in [2.45, 2.75) is 12.3 Å². The van der Waals surface area contributed by atoms with E-state index in [4.69, 9.17) is 9.47 Å². The topological polar surface area (TPSA) is 51.1 Å². The molecule has 1 aromatic carbocycles. The monoisotopic (exact) mass is 246 g/mol. The summed E-state index contributed by atoms with van der Waals surface area (Å²) in [5.41, 5.74) is 0.978. The fourth-order valence-corrected chi connectivity index (χ4v) is 2.41. The van der Waals surface area contributed by atoms with Gasteiger partial charge in [-0.25, -0.2) is 4.99 Å². The van der Waals surface area contributed by atoms with Gasteiger partial charge in [0.15, 0.2) is 6.23 Å². The van der Waals surface area contributed by atoms with Crippen molar-refractivity contribution in [3.05, 3.63) is 35.9 Å². The van der Waals surface area contributed by atoms with Crippen LogP contribution in [0, 0.1) is 0 Å². The van der Waals surface area contributed by atoms with Crippen LogP contribution in [0.15, 0.2) is 35.3 Å². The molecule has 0 aliphatic carbocycles. The zero-order chi connectivity index (χ0) is 12.5. The van der Waals surface area contributed by atoms with Crippen molar-refractivity contribution < 1.29 is 14.3 Å². The highest BCUT2D eigenvalue weighted by Gasteiger charge is 2.44. The number of hydrogen-bond acceptors (Lipinski definition) is 4. The number of methoxy groups -OCH3 is 1. The zero-order valence-corrected chi connectivity index (χ0v) is 10.1. The molecule has 2 atom stereocenters. The van der Waals surface area contributed by atoms with Crippen LogP contribution in [0.5, 0.6) is 0 Å². The normalized spacial score (nSPS) is 26.8. The predicted octanol–water partition coefficient (Wildman–Crippen LogP) is 0.971. The molecule has 1 aromatic rings. The van der Waals surface area contributed by atoms with Gasteiger partial charge >= 0.3 is 0 Å². The van der Waals surface area contributed by atoms with Crippen molar-refractivity contribution in [1.29, 1.82) is 0 Å². The van der Waals surface area contributed by atoms with Crippen molar-refractivity contribution in [2.75, 3.05) is 20.3 Å². The van der Waals surface area contributed by atoms with Crippen LogP contribution in [0.25, 0.3) is 0 Å².